The molecule has 0 bridgehead atoms. The molecule has 2 aliphatic heterocycles. The molecule has 5 heterocycles. The Morgan fingerprint density at radius 2 is 2.03 bits per heavy atom. The number of rotatable bonds is 10. The summed E-state index contributed by atoms with van der Waals surface area (Å²) in [7, 11) is 1.64. The summed E-state index contributed by atoms with van der Waals surface area (Å²) in [6, 6.07) is 11.3. The van der Waals surface area contributed by atoms with Crippen LogP contribution in [0.2, 0.25) is 0 Å². The lowest BCUT2D eigenvalue weighted by molar-refractivity contribution is 0.0559. The van der Waals surface area contributed by atoms with Crippen molar-refractivity contribution in [2.75, 3.05) is 26.9 Å². The van der Waals surface area contributed by atoms with Gasteiger partial charge in [-0.1, -0.05) is 6.07 Å². The number of hydrogen-bond donors (Lipinski definition) is 1. The van der Waals surface area contributed by atoms with Crippen LogP contribution < -0.4 is 10.3 Å². The van der Waals surface area contributed by atoms with Gasteiger partial charge in [0.05, 0.1) is 25.9 Å². The molecule has 10 nitrogen and oxygen atoms in total. The number of aromatic amines is 1. The fourth-order valence-corrected chi connectivity index (χ4v) is 6.19. The zero-order valence-corrected chi connectivity index (χ0v) is 22.2. The first-order chi connectivity index (χ1) is 18.7. The second kappa shape index (κ2) is 11.3. The fourth-order valence-electron chi connectivity index (χ4n) is 5.46. The van der Waals surface area contributed by atoms with Crippen molar-refractivity contribution in [1.29, 1.82) is 0 Å². The number of ether oxygens (including phenoxy) is 3. The van der Waals surface area contributed by atoms with Crippen LogP contribution in [-0.2, 0) is 22.6 Å². The molecule has 2 aliphatic rings. The van der Waals surface area contributed by atoms with E-state index in [4.69, 9.17) is 14.2 Å². The van der Waals surface area contributed by atoms with Gasteiger partial charge in [0.1, 0.15) is 11.8 Å². The lowest BCUT2D eigenvalue weighted by Crippen LogP contribution is -2.39. The van der Waals surface area contributed by atoms with Crippen LogP contribution in [0.3, 0.4) is 0 Å². The fraction of sp³-hybridized carbons (Fsp3) is 0.481. The van der Waals surface area contributed by atoms with E-state index in [1.807, 2.05) is 28.9 Å². The minimum absolute atomic E-state index is 0.0564. The Hall–Kier alpha value is -3.12. The first-order valence-electron chi connectivity index (χ1n) is 13.1. The van der Waals surface area contributed by atoms with Crippen LogP contribution in [0.5, 0.6) is 5.75 Å². The molecule has 0 radical (unpaired) electrons. The summed E-state index contributed by atoms with van der Waals surface area (Å²) in [5.41, 5.74) is 1.17. The highest BCUT2D eigenvalue weighted by Crippen LogP contribution is 2.32. The van der Waals surface area contributed by atoms with Crippen molar-refractivity contribution in [3.8, 4) is 5.75 Å². The van der Waals surface area contributed by atoms with Gasteiger partial charge in [-0.15, -0.1) is 16.4 Å². The molecule has 0 amide bonds. The molecule has 4 aromatic rings. The van der Waals surface area contributed by atoms with Crippen molar-refractivity contribution >= 4 is 22.2 Å². The van der Waals surface area contributed by atoms with Gasteiger partial charge in [0.2, 0.25) is 0 Å². The third kappa shape index (κ3) is 5.37. The highest BCUT2D eigenvalue weighted by atomic mass is 32.1. The minimum Gasteiger partial charge on any atom is -0.497 e. The molecule has 1 aromatic carbocycles. The summed E-state index contributed by atoms with van der Waals surface area (Å²) >= 11 is 1.70. The largest absolute Gasteiger partial charge is 0.497 e. The second-order valence-corrected chi connectivity index (χ2v) is 10.9. The zero-order chi connectivity index (χ0) is 25.9. The van der Waals surface area contributed by atoms with Crippen LogP contribution in [0.15, 0.2) is 46.6 Å². The van der Waals surface area contributed by atoms with Crippen molar-refractivity contribution in [1.82, 2.24) is 30.1 Å². The number of tetrazole rings is 1. The maximum atomic E-state index is 13.7. The number of thiophene rings is 1. The maximum Gasteiger partial charge on any atom is 0.253 e. The van der Waals surface area contributed by atoms with Gasteiger partial charge < -0.3 is 19.2 Å². The number of methoxy groups -OCH3 is 1. The third-order valence-corrected chi connectivity index (χ3v) is 8.21. The van der Waals surface area contributed by atoms with E-state index in [-0.39, 0.29) is 17.8 Å². The molecular formula is C27H32N6O4S. The van der Waals surface area contributed by atoms with Gasteiger partial charge in [0, 0.05) is 47.6 Å². The van der Waals surface area contributed by atoms with Gasteiger partial charge in [-0.25, -0.2) is 4.68 Å². The van der Waals surface area contributed by atoms with Crippen molar-refractivity contribution < 1.29 is 14.2 Å². The predicted octanol–water partition coefficient (Wildman–Crippen LogP) is 3.53. The van der Waals surface area contributed by atoms with E-state index >= 15 is 0 Å². The third-order valence-electron chi connectivity index (χ3n) is 7.35. The SMILES string of the molecule is COc1ccc2[nH]c(=O)c([C@H](c3nnnn3C[C@H]3CCCO3)N(Cc3cccs3)C[C@H]3CCCO3)cc2c1. The molecule has 200 valence electrons. The van der Waals surface area contributed by atoms with Gasteiger partial charge in [-0.2, -0.15) is 0 Å². The molecule has 6 rings (SSSR count). The Balaban J connectivity index is 1.47. The van der Waals surface area contributed by atoms with E-state index in [9.17, 15) is 4.79 Å². The Morgan fingerprint density at radius 3 is 2.76 bits per heavy atom. The number of nitrogens with zero attached hydrogens (tertiary/aromatic N) is 5. The van der Waals surface area contributed by atoms with Crippen LogP contribution >= 0.6 is 11.3 Å². The average Bonchev–Trinajstić information content (AvgIpc) is 3.74. The van der Waals surface area contributed by atoms with E-state index in [1.165, 1.54) is 4.88 Å². The maximum absolute atomic E-state index is 13.7. The summed E-state index contributed by atoms with van der Waals surface area (Å²) in [6.07, 6.45) is 4.16. The first kappa shape index (κ1) is 25.2. The number of fused-ring (bicyclic) bond motifs is 1. The molecule has 38 heavy (non-hydrogen) atoms. The zero-order valence-electron chi connectivity index (χ0n) is 21.4. The Morgan fingerprint density at radius 1 is 1.18 bits per heavy atom. The summed E-state index contributed by atoms with van der Waals surface area (Å²) in [5, 5.41) is 15.9. The number of hydrogen-bond acceptors (Lipinski definition) is 9. The van der Waals surface area contributed by atoms with Gasteiger partial charge in [-0.05, 0) is 71.8 Å². The molecule has 0 aliphatic carbocycles. The molecule has 0 saturated carbocycles. The molecule has 2 saturated heterocycles. The van der Waals surface area contributed by atoms with Crippen LogP contribution in [0.1, 0.15) is 48.0 Å². The smallest absolute Gasteiger partial charge is 0.253 e. The van der Waals surface area contributed by atoms with Crippen LogP contribution in [0.4, 0.5) is 0 Å². The van der Waals surface area contributed by atoms with Crippen molar-refractivity contribution in [3.63, 3.8) is 0 Å². The Bertz CT molecular complexity index is 1410. The van der Waals surface area contributed by atoms with Crippen molar-refractivity contribution in [2.24, 2.45) is 0 Å². The van der Waals surface area contributed by atoms with Crippen molar-refractivity contribution in [3.05, 3.63) is 68.4 Å². The average molecular weight is 537 g/mol. The van der Waals surface area contributed by atoms with E-state index in [0.717, 1.165) is 55.5 Å². The van der Waals surface area contributed by atoms with Gasteiger partial charge in [0.15, 0.2) is 5.82 Å². The van der Waals surface area contributed by atoms with E-state index in [1.54, 1.807) is 18.4 Å². The number of H-pyrrole nitrogens is 1. The van der Waals surface area contributed by atoms with E-state index in [0.29, 0.717) is 31.0 Å². The summed E-state index contributed by atoms with van der Waals surface area (Å²) in [4.78, 5) is 20.2. The standard InChI is InChI=1S/C27H32N6O4S/c1-35-19-8-9-24-18(13-19)14-23(27(34)28-24)25(26-29-30-31-33(26)16-21-6-3-11-37-21)32(15-20-5-2-10-36-20)17-22-7-4-12-38-22/h4,7-9,12-14,20-21,25H,2-3,5-6,10-11,15-17H2,1H3,(H,28,34)/t20-,21-,25-/m1/s1. The Labute approximate surface area is 224 Å². The lowest BCUT2D eigenvalue weighted by Gasteiger charge is -2.32. The van der Waals surface area contributed by atoms with Gasteiger partial charge in [-0.3, -0.25) is 9.69 Å². The lowest BCUT2D eigenvalue weighted by atomic mass is 10.0. The predicted molar refractivity (Wildman–Crippen MR) is 143 cm³/mol. The van der Waals surface area contributed by atoms with Gasteiger partial charge >= 0.3 is 0 Å². The topological polar surface area (TPSA) is 107 Å². The number of aromatic nitrogens is 5. The molecular weight excluding hydrogens is 504 g/mol. The highest BCUT2D eigenvalue weighted by molar-refractivity contribution is 7.09. The molecule has 0 unspecified atom stereocenters. The quantitative estimate of drug-likeness (QED) is 0.328. The van der Waals surface area contributed by atoms with Crippen molar-refractivity contribution in [2.45, 2.75) is 57.0 Å². The molecule has 0 spiro atoms. The Kier molecular flexibility index (Phi) is 7.50. The number of pyridine rings is 1. The van der Waals surface area contributed by atoms with E-state index in [2.05, 4.69) is 42.9 Å². The molecule has 11 heteroatoms. The monoisotopic (exact) mass is 536 g/mol. The van der Waals surface area contributed by atoms with Crippen LogP contribution in [-0.4, -0.2) is 69.2 Å². The second-order valence-electron chi connectivity index (χ2n) is 9.91. The summed E-state index contributed by atoms with van der Waals surface area (Å²) < 4.78 is 19.2. The molecule has 2 fully saturated rings. The first-order valence-corrected chi connectivity index (χ1v) is 14.0. The van der Waals surface area contributed by atoms with E-state index < -0.39 is 6.04 Å². The van der Waals surface area contributed by atoms with Gasteiger partial charge in [0.25, 0.3) is 5.56 Å². The normalized spacial score (nSPS) is 20.5. The summed E-state index contributed by atoms with van der Waals surface area (Å²) in [6.45, 7) is 3.36. The molecule has 1 N–H and O–H groups in total. The minimum atomic E-state index is -0.489. The number of benzene rings is 1. The molecule has 3 aromatic heterocycles. The highest BCUT2D eigenvalue weighted by Gasteiger charge is 2.34. The summed E-state index contributed by atoms with van der Waals surface area (Å²) in [5.74, 6) is 1.35. The van der Waals surface area contributed by atoms with Crippen LogP contribution in [0.25, 0.3) is 10.9 Å². The van der Waals surface area contributed by atoms with Crippen LogP contribution in [0, 0.1) is 0 Å². The number of nitrogens with one attached hydrogen (secondary N) is 1. The molecule has 3 atom stereocenters.